The van der Waals surface area contributed by atoms with E-state index >= 15 is 0 Å². The third-order valence-corrected chi connectivity index (χ3v) is 6.92. The molecule has 7 nitrogen and oxygen atoms in total. The first-order chi connectivity index (χ1) is 14.5. The zero-order valence-corrected chi connectivity index (χ0v) is 17.8. The fraction of sp³-hybridized carbons (Fsp3) is 0.609. The Morgan fingerprint density at radius 1 is 1.23 bits per heavy atom. The summed E-state index contributed by atoms with van der Waals surface area (Å²) in [6.07, 6.45) is 4.37. The van der Waals surface area contributed by atoms with Crippen molar-refractivity contribution in [2.24, 2.45) is 11.8 Å². The summed E-state index contributed by atoms with van der Waals surface area (Å²) in [5, 5.41) is 2.63. The van der Waals surface area contributed by atoms with E-state index < -0.39 is 0 Å². The number of ether oxygens (including phenoxy) is 1. The molecule has 2 bridgehead atoms. The third kappa shape index (κ3) is 4.16. The first-order valence-electron chi connectivity index (χ1n) is 10.9. The number of carbonyl (C=O) groups is 3. The van der Waals surface area contributed by atoms with Gasteiger partial charge in [0, 0.05) is 38.5 Å². The van der Waals surface area contributed by atoms with Crippen molar-refractivity contribution in [1.82, 2.24) is 15.1 Å². The number of piperidine rings is 3. The van der Waals surface area contributed by atoms with Gasteiger partial charge in [0.25, 0.3) is 0 Å². The molecule has 3 heterocycles. The molecule has 1 aromatic carbocycles. The number of amides is 3. The Morgan fingerprint density at radius 3 is 2.80 bits per heavy atom. The summed E-state index contributed by atoms with van der Waals surface area (Å²) in [6, 6.07) is 8.33. The second kappa shape index (κ2) is 8.66. The average Bonchev–Trinajstić information content (AvgIpc) is 2.75. The topological polar surface area (TPSA) is 79.0 Å². The molecule has 0 radical (unpaired) electrons. The lowest BCUT2D eigenvalue weighted by molar-refractivity contribution is -0.156. The first-order valence-corrected chi connectivity index (χ1v) is 10.9. The van der Waals surface area contributed by atoms with Gasteiger partial charge in [0.1, 0.15) is 5.75 Å². The maximum atomic E-state index is 12.9. The number of hydrogen-bond donors (Lipinski definition) is 1. The summed E-state index contributed by atoms with van der Waals surface area (Å²) >= 11 is 0. The smallest absolute Gasteiger partial charge is 0.241 e. The van der Waals surface area contributed by atoms with Gasteiger partial charge in [0.15, 0.2) is 0 Å². The summed E-state index contributed by atoms with van der Waals surface area (Å²) < 4.78 is 5.38. The number of carbonyl (C=O) groups excluding carboxylic acids is 3. The lowest BCUT2D eigenvalue weighted by Crippen LogP contribution is -2.66. The van der Waals surface area contributed by atoms with Gasteiger partial charge in [-0.3, -0.25) is 14.4 Å². The molecular formula is C23H31N3O4. The van der Waals surface area contributed by atoms with Crippen LogP contribution in [0.15, 0.2) is 24.3 Å². The molecule has 4 atom stereocenters. The lowest BCUT2D eigenvalue weighted by Gasteiger charge is -2.56. The van der Waals surface area contributed by atoms with Gasteiger partial charge in [-0.2, -0.15) is 0 Å². The SMILES string of the molecule is COc1cccc(C[C@H]2[C@H]3C[C@H](CN(C(=O)CNC(C)=O)C3)[C@@H]3CCCC(=O)N32)c1. The summed E-state index contributed by atoms with van der Waals surface area (Å²) in [7, 11) is 1.66. The van der Waals surface area contributed by atoms with E-state index in [1.165, 1.54) is 6.92 Å². The summed E-state index contributed by atoms with van der Waals surface area (Å²) in [5.74, 6) is 1.41. The van der Waals surface area contributed by atoms with Crippen LogP contribution in [0.1, 0.15) is 38.2 Å². The molecule has 3 saturated heterocycles. The van der Waals surface area contributed by atoms with Crippen LogP contribution in [0.4, 0.5) is 0 Å². The molecule has 0 unspecified atom stereocenters. The minimum Gasteiger partial charge on any atom is -0.497 e. The predicted molar refractivity (Wildman–Crippen MR) is 112 cm³/mol. The molecule has 3 fully saturated rings. The maximum Gasteiger partial charge on any atom is 0.241 e. The van der Waals surface area contributed by atoms with Crippen LogP contribution < -0.4 is 10.1 Å². The Bertz CT molecular complexity index is 826. The second-order valence-electron chi connectivity index (χ2n) is 8.85. The molecule has 3 aliphatic heterocycles. The van der Waals surface area contributed by atoms with E-state index in [2.05, 4.69) is 16.3 Å². The van der Waals surface area contributed by atoms with Crippen LogP contribution in [0.25, 0.3) is 0 Å². The average molecular weight is 414 g/mol. The van der Waals surface area contributed by atoms with E-state index in [1.807, 2.05) is 23.1 Å². The van der Waals surface area contributed by atoms with Crippen molar-refractivity contribution in [2.45, 2.75) is 51.1 Å². The zero-order valence-electron chi connectivity index (χ0n) is 17.8. The number of nitrogens with one attached hydrogen (secondary N) is 1. The zero-order chi connectivity index (χ0) is 21.3. The fourth-order valence-corrected chi connectivity index (χ4v) is 5.59. The first kappa shape index (κ1) is 20.7. The Hall–Kier alpha value is -2.57. The highest BCUT2D eigenvalue weighted by Crippen LogP contribution is 2.42. The number of likely N-dealkylation sites (tertiary alicyclic amines) is 1. The van der Waals surface area contributed by atoms with Crippen molar-refractivity contribution in [3.8, 4) is 5.75 Å². The molecule has 0 spiro atoms. The minimum atomic E-state index is -0.194. The van der Waals surface area contributed by atoms with Crippen molar-refractivity contribution < 1.29 is 19.1 Å². The molecule has 30 heavy (non-hydrogen) atoms. The van der Waals surface area contributed by atoms with Crippen molar-refractivity contribution in [3.05, 3.63) is 29.8 Å². The van der Waals surface area contributed by atoms with Crippen molar-refractivity contribution in [1.29, 1.82) is 0 Å². The highest BCUT2D eigenvalue weighted by molar-refractivity contribution is 5.84. The van der Waals surface area contributed by atoms with E-state index in [1.54, 1.807) is 7.11 Å². The molecule has 0 aliphatic carbocycles. The molecule has 7 heteroatoms. The summed E-state index contributed by atoms with van der Waals surface area (Å²) in [5.41, 5.74) is 1.15. The molecule has 1 N–H and O–H groups in total. The van der Waals surface area contributed by atoms with E-state index in [9.17, 15) is 14.4 Å². The van der Waals surface area contributed by atoms with Gasteiger partial charge in [-0.15, -0.1) is 0 Å². The van der Waals surface area contributed by atoms with Crippen LogP contribution in [0.5, 0.6) is 5.75 Å². The highest BCUT2D eigenvalue weighted by Gasteiger charge is 2.49. The molecular weight excluding hydrogens is 382 g/mol. The van der Waals surface area contributed by atoms with Crippen LogP contribution in [-0.4, -0.2) is 66.3 Å². The van der Waals surface area contributed by atoms with Gasteiger partial charge >= 0.3 is 0 Å². The van der Waals surface area contributed by atoms with Gasteiger partial charge in [0.2, 0.25) is 17.7 Å². The second-order valence-corrected chi connectivity index (χ2v) is 8.85. The van der Waals surface area contributed by atoms with Crippen LogP contribution in [0.3, 0.4) is 0 Å². The molecule has 0 saturated carbocycles. The molecule has 1 aromatic rings. The Morgan fingerprint density at radius 2 is 2.03 bits per heavy atom. The van der Waals surface area contributed by atoms with Crippen LogP contribution in [-0.2, 0) is 20.8 Å². The van der Waals surface area contributed by atoms with Crippen molar-refractivity contribution >= 4 is 17.7 Å². The molecule has 3 amide bonds. The van der Waals surface area contributed by atoms with E-state index in [4.69, 9.17) is 4.74 Å². The van der Waals surface area contributed by atoms with Gasteiger partial charge in [0.05, 0.1) is 13.7 Å². The van der Waals surface area contributed by atoms with Gasteiger partial charge in [-0.05, 0) is 55.2 Å². The Balaban J connectivity index is 1.57. The standard InChI is InChI=1S/C23H31N3O4/c1-15(27)24-12-23(29)25-13-17-11-18(14-25)21(26-20(17)7-4-8-22(26)28)10-16-5-3-6-19(9-16)30-2/h3,5-6,9,17-18,20-21H,4,7-8,10-14H2,1-2H3,(H,24,27)/t17-,18+,20+,21+/m1/s1. The van der Waals surface area contributed by atoms with Crippen LogP contribution >= 0.6 is 0 Å². The number of methoxy groups -OCH3 is 1. The lowest BCUT2D eigenvalue weighted by atomic mass is 9.70. The Labute approximate surface area is 177 Å². The van der Waals surface area contributed by atoms with Crippen molar-refractivity contribution in [2.75, 3.05) is 26.7 Å². The summed E-state index contributed by atoms with van der Waals surface area (Å²) in [6.45, 7) is 2.78. The van der Waals surface area contributed by atoms with Gasteiger partial charge in [-0.1, -0.05) is 12.1 Å². The molecule has 3 aliphatic rings. The third-order valence-electron chi connectivity index (χ3n) is 6.92. The number of benzene rings is 1. The van der Waals surface area contributed by atoms with Crippen LogP contribution in [0, 0.1) is 11.8 Å². The normalized spacial score (nSPS) is 28.0. The number of hydrogen-bond acceptors (Lipinski definition) is 4. The fourth-order valence-electron chi connectivity index (χ4n) is 5.59. The molecule has 0 aromatic heterocycles. The minimum absolute atomic E-state index is 0.0318. The number of nitrogens with zero attached hydrogens (tertiary/aromatic N) is 2. The Kier molecular flexibility index (Phi) is 5.97. The summed E-state index contributed by atoms with van der Waals surface area (Å²) in [4.78, 5) is 41.0. The predicted octanol–water partition coefficient (Wildman–Crippen LogP) is 1.60. The van der Waals surface area contributed by atoms with E-state index in [0.717, 1.165) is 37.0 Å². The number of rotatable bonds is 5. The van der Waals surface area contributed by atoms with E-state index in [0.29, 0.717) is 25.4 Å². The largest absolute Gasteiger partial charge is 0.497 e. The quantitative estimate of drug-likeness (QED) is 0.795. The number of fused-ring (bicyclic) bond motifs is 4. The monoisotopic (exact) mass is 413 g/mol. The highest BCUT2D eigenvalue weighted by atomic mass is 16.5. The van der Waals surface area contributed by atoms with Crippen molar-refractivity contribution in [3.63, 3.8) is 0 Å². The molecule has 162 valence electrons. The van der Waals surface area contributed by atoms with E-state index in [-0.39, 0.29) is 42.3 Å². The molecule has 4 rings (SSSR count). The van der Waals surface area contributed by atoms with Gasteiger partial charge < -0.3 is 19.9 Å². The van der Waals surface area contributed by atoms with Crippen LogP contribution in [0.2, 0.25) is 0 Å². The van der Waals surface area contributed by atoms with Gasteiger partial charge in [-0.25, -0.2) is 0 Å². The maximum absolute atomic E-state index is 12.9.